The Bertz CT molecular complexity index is 795. The minimum absolute atomic E-state index is 0.180. The zero-order chi connectivity index (χ0) is 17.0. The van der Waals surface area contributed by atoms with Crippen molar-refractivity contribution < 1.29 is 0 Å². The first-order valence-electron chi connectivity index (χ1n) is 8.70. The molecule has 0 bridgehead atoms. The first-order chi connectivity index (χ1) is 10.6. The monoisotopic (exact) mass is 307 g/mol. The van der Waals surface area contributed by atoms with E-state index < -0.39 is 0 Å². The van der Waals surface area contributed by atoms with Gasteiger partial charge in [0.05, 0.1) is 0 Å². The Kier molecular flexibility index (Phi) is 3.59. The number of aryl methyl sites for hydroxylation is 1. The van der Waals surface area contributed by atoms with Crippen molar-refractivity contribution in [2.75, 3.05) is 0 Å². The van der Waals surface area contributed by atoms with Gasteiger partial charge >= 0.3 is 0 Å². The van der Waals surface area contributed by atoms with Crippen LogP contribution in [0.2, 0.25) is 0 Å². The second-order valence-electron chi connectivity index (χ2n) is 8.71. The smallest absolute Gasteiger partial charge is 0.0494 e. The highest BCUT2D eigenvalue weighted by Crippen LogP contribution is 2.35. The first kappa shape index (κ1) is 16.1. The normalized spacial score (nSPS) is 13.2. The summed E-state index contributed by atoms with van der Waals surface area (Å²) < 4.78 is 2.47. The molecule has 1 nitrogen and oxygen atoms in total. The van der Waals surface area contributed by atoms with Crippen molar-refractivity contribution in [3.8, 4) is 0 Å². The van der Waals surface area contributed by atoms with Gasteiger partial charge in [-0.15, -0.1) is 0 Å². The molecule has 0 saturated carbocycles. The van der Waals surface area contributed by atoms with Gasteiger partial charge in [0.1, 0.15) is 0 Å². The third kappa shape index (κ3) is 2.67. The van der Waals surface area contributed by atoms with Gasteiger partial charge in [0, 0.05) is 28.4 Å². The number of aromatic nitrogens is 1. The second kappa shape index (κ2) is 5.12. The quantitative estimate of drug-likeness (QED) is 0.489. The Morgan fingerprint density at radius 2 is 1.09 bits per heavy atom. The average molecular weight is 307 g/mol. The Balaban J connectivity index is 2.37. The zero-order valence-corrected chi connectivity index (χ0v) is 15.6. The van der Waals surface area contributed by atoms with E-state index in [1.807, 2.05) is 0 Å². The Labute approximate surface area is 140 Å². The molecule has 0 aliphatic heterocycles. The lowest BCUT2D eigenvalue weighted by Crippen LogP contribution is -2.11. The van der Waals surface area contributed by atoms with Crippen LogP contribution in [0.3, 0.4) is 0 Å². The van der Waals surface area contributed by atoms with Crippen LogP contribution in [-0.2, 0) is 17.4 Å². The molecule has 3 rings (SSSR count). The van der Waals surface area contributed by atoms with E-state index in [4.69, 9.17) is 0 Å². The number of hydrogen-bond acceptors (Lipinski definition) is 0. The molecule has 0 N–H and O–H groups in total. The van der Waals surface area contributed by atoms with Crippen LogP contribution in [0.5, 0.6) is 0 Å². The van der Waals surface area contributed by atoms with Gasteiger partial charge in [0.2, 0.25) is 0 Å². The largest absolute Gasteiger partial charge is 0.341 e. The van der Waals surface area contributed by atoms with E-state index in [1.165, 1.54) is 32.9 Å². The number of benzene rings is 2. The fourth-order valence-electron chi connectivity index (χ4n) is 3.37. The van der Waals surface area contributed by atoms with E-state index in [9.17, 15) is 0 Å². The van der Waals surface area contributed by atoms with Crippen LogP contribution in [0.4, 0.5) is 0 Å². The molecule has 0 atom stereocenters. The maximum atomic E-state index is 2.47. The number of fused-ring (bicyclic) bond motifs is 3. The number of rotatable bonds is 1. The van der Waals surface area contributed by atoms with Crippen LogP contribution in [0.15, 0.2) is 36.4 Å². The maximum Gasteiger partial charge on any atom is 0.0494 e. The molecular weight excluding hydrogens is 278 g/mol. The van der Waals surface area contributed by atoms with Gasteiger partial charge in [0.15, 0.2) is 0 Å². The first-order valence-corrected chi connectivity index (χ1v) is 8.70. The zero-order valence-electron chi connectivity index (χ0n) is 15.6. The van der Waals surface area contributed by atoms with E-state index in [-0.39, 0.29) is 10.8 Å². The lowest BCUT2D eigenvalue weighted by atomic mass is 9.86. The summed E-state index contributed by atoms with van der Waals surface area (Å²) in [5, 5.41) is 2.74. The molecule has 0 saturated heterocycles. The van der Waals surface area contributed by atoms with Gasteiger partial charge in [-0.05, 0) is 41.0 Å². The van der Waals surface area contributed by atoms with Crippen molar-refractivity contribution in [1.29, 1.82) is 0 Å². The molecule has 0 radical (unpaired) electrons. The van der Waals surface area contributed by atoms with Crippen LogP contribution in [0, 0.1) is 0 Å². The van der Waals surface area contributed by atoms with Crippen molar-refractivity contribution in [3.05, 3.63) is 47.5 Å². The SMILES string of the molecule is CCn1c2cc(C(C)(C)C)ccc2c2ccc(C(C)(C)C)cc21. The highest BCUT2D eigenvalue weighted by molar-refractivity contribution is 6.08. The maximum absolute atomic E-state index is 2.47. The van der Waals surface area contributed by atoms with E-state index in [2.05, 4.69) is 89.4 Å². The molecule has 122 valence electrons. The molecular formula is C22H29N. The van der Waals surface area contributed by atoms with Crippen molar-refractivity contribution in [2.45, 2.75) is 65.8 Å². The predicted molar refractivity (Wildman–Crippen MR) is 103 cm³/mol. The van der Waals surface area contributed by atoms with Gasteiger partial charge < -0.3 is 4.57 Å². The van der Waals surface area contributed by atoms with Crippen LogP contribution in [-0.4, -0.2) is 4.57 Å². The van der Waals surface area contributed by atoms with Gasteiger partial charge in [-0.25, -0.2) is 0 Å². The van der Waals surface area contributed by atoms with Gasteiger partial charge in [-0.1, -0.05) is 65.8 Å². The van der Waals surface area contributed by atoms with Gasteiger partial charge in [-0.2, -0.15) is 0 Å². The minimum atomic E-state index is 0.180. The highest BCUT2D eigenvalue weighted by Gasteiger charge is 2.19. The molecule has 0 unspecified atom stereocenters. The molecule has 1 heterocycles. The van der Waals surface area contributed by atoms with Gasteiger partial charge in [-0.3, -0.25) is 0 Å². The summed E-state index contributed by atoms with van der Waals surface area (Å²) in [6.07, 6.45) is 0. The topological polar surface area (TPSA) is 4.93 Å². The number of hydrogen-bond donors (Lipinski definition) is 0. The van der Waals surface area contributed by atoms with Crippen molar-refractivity contribution in [2.24, 2.45) is 0 Å². The van der Waals surface area contributed by atoms with E-state index in [0.717, 1.165) is 6.54 Å². The molecule has 3 aromatic rings. The van der Waals surface area contributed by atoms with Crippen molar-refractivity contribution in [3.63, 3.8) is 0 Å². The molecule has 0 aliphatic carbocycles. The summed E-state index contributed by atoms with van der Waals surface area (Å²) in [5.41, 5.74) is 5.89. The molecule has 1 aromatic heterocycles. The van der Waals surface area contributed by atoms with Crippen LogP contribution < -0.4 is 0 Å². The van der Waals surface area contributed by atoms with Crippen LogP contribution in [0.25, 0.3) is 21.8 Å². The Hall–Kier alpha value is -1.76. The molecule has 0 spiro atoms. The molecule has 0 amide bonds. The van der Waals surface area contributed by atoms with Crippen LogP contribution >= 0.6 is 0 Å². The lowest BCUT2D eigenvalue weighted by molar-refractivity contribution is 0.590. The fraction of sp³-hybridized carbons (Fsp3) is 0.455. The summed E-state index contributed by atoms with van der Waals surface area (Å²) >= 11 is 0. The Morgan fingerprint density at radius 3 is 1.39 bits per heavy atom. The number of nitrogens with zero attached hydrogens (tertiary/aromatic N) is 1. The van der Waals surface area contributed by atoms with Crippen LogP contribution in [0.1, 0.15) is 59.6 Å². The van der Waals surface area contributed by atoms with E-state index in [1.54, 1.807) is 0 Å². The molecule has 0 fully saturated rings. The van der Waals surface area contributed by atoms with Crippen molar-refractivity contribution >= 4 is 21.8 Å². The summed E-state index contributed by atoms with van der Waals surface area (Å²) in [7, 11) is 0. The predicted octanol–water partition coefficient (Wildman–Crippen LogP) is 6.41. The summed E-state index contributed by atoms with van der Waals surface area (Å²) in [6, 6.07) is 14.0. The third-order valence-corrected chi connectivity index (χ3v) is 4.92. The highest BCUT2D eigenvalue weighted by atomic mass is 15.0. The van der Waals surface area contributed by atoms with Gasteiger partial charge in [0.25, 0.3) is 0 Å². The minimum Gasteiger partial charge on any atom is -0.341 e. The molecule has 2 aromatic carbocycles. The third-order valence-electron chi connectivity index (χ3n) is 4.92. The standard InChI is InChI=1S/C22H29N/c1-8-23-19-13-15(21(2,3)4)9-11-17(19)18-12-10-16(14-20(18)23)22(5,6)7/h9-14H,8H2,1-7H3. The van der Waals surface area contributed by atoms with E-state index >= 15 is 0 Å². The molecule has 1 heteroatoms. The second-order valence-corrected chi connectivity index (χ2v) is 8.71. The molecule has 0 aliphatic rings. The van der Waals surface area contributed by atoms with E-state index in [0.29, 0.717) is 0 Å². The summed E-state index contributed by atoms with van der Waals surface area (Å²) in [4.78, 5) is 0. The average Bonchev–Trinajstić information content (AvgIpc) is 2.77. The molecule has 23 heavy (non-hydrogen) atoms. The summed E-state index contributed by atoms with van der Waals surface area (Å²) in [5.74, 6) is 0. The lowest BCUT2D eigenvalue weighted by Gasteiger charge is -2.19. The van der Waals surface area contributed by atoms with Crippen molar-refractivity contribution in [1.82, 2.24) is 4.57 Å². The Morgan fingerprint density at radius 1 is 0.696 bits per heavy atom. The fourth-order valence-corrected chi connectivity index (χ4v) is 3.37. The summed E-state index contributed by atoms with van der Waals surface area (Å²) in [6.45, 7) is 16.9.